The van der Waals surface area contributed by atoms with E-state index in [1.54, 1.807) is 0 Å². The number of aryl methyl sites for hydroxylation is 1. The maximum atomic E-state index is 14.0. The van der Waals surface area contributed by atoms with Crippen molar-refractivity contribution < 1.29 is 28.5 Å². The van der Waals surface area contributed by atoms with Crippen molar-refractivity contribution in [1.82, 2.24) is 5.32 Å². The molecule has 1 aliphatic rings. The number of hydrogen-bond donors (Lipinski definition) is 2. The fraction of sp³-hybridized carbons (Fsp3) is 0.707. The molecule has 0 aliphatic carbocycles. The number of rotatable bonds is 25. The third kappa shape index (κ3) is 14.9. The largest absolute Gasteiger partial charge is 0.491 e. The van der Waals surface area contributed by atoms with E-state index in [-0.39, 0.29) is 24.9 Å². The van der Waals surface area contributed by atoms with Crippen LogP contribution >= 0.6 is 0 Å². The normalized spacial score (nSPS) is 15.0. The lowest BCUT2D eigenvalue weighted by molar-refractivity contribution is -0.143. The monoisotopic (exact) mass is 685 g/mol. The van der Waals surface area contributed by atoms with E-state index in [1.165, 1.54) is 70.6 Å². The van der Waals surface area contributed by atoms with Crippen molar-refractivity contribution in [1.29, 1.82) is 0 Å². The Hall–Kier alpha value is -2.84. The van der Waals surface area contributed by atoms with E-state index >= 15 is 0 Å². The molecule has 0 saturated carbocycles. The maximum Gasteiger partial charge on any atom is 0.337 e. The third-order valence-corrected chi connectivity index (χ3v) is 8.64. The SMILES string of the molecule is CCCCCCCCCCCCCCCc1cccc(OC(C)C)c1C1C(C(=O)OC(C)C)=C(C)NC(COCCN)=C1C(=O)OC(C)C. The fourth-order valence-corrected chi connectivity index (χ4v) is 6.45. The first kappa shape index (κ1) is 42.3. The average molecular weight is 685 g/mol. The van der Waals surface area contributed by atoms with Gasteiger partial charge in [-0.15, -0.1) is 0 Å². The molecule has 8 heteroatoms. The van der Waals surface area contributed by atoms with Crippen LogP contribution in [-0.2, 0) is 30.2 Å². The molecule has 1 aromatic rings. The van der Waals surface area contributed by atoms with Crippen LogP contribution in [0, 0.1) is 0 Å². The zero-order valence-electron chi connectivity index (χ0n) is 32.1. The van der Waals surface area contributed by atoms with Crippen LogP contribution in [0.4, 0.5) is 0 Å². The van der Waals surface area contributed by atoms with E-state index in [9.17, 15) is 9.59 Å². The lowest BCUT2D eigenvalue weighted by atomic mass is 9.77. The molecule has 3 N–H and O–H groups in total. The van der Waals surface area contributed by atoms with Crippen LogP contribution in [0.25, 0.3) is 0 Å². The molecular weight excluding hydrogens is 616 g/mol. The molecule has 49 heavy (non-hydrogen) atoms. The number of ether oxygens (including phenoxy) is 4. The number of allylic oxidation sites excluding steroid dienone is 1. The highest BCUT2D eigenvalue weighted by Crippen LogP contribution is 2.45. The van der Waals surface area contributed by atoms with E-state index in [0.29, 0.717) is 41.4 Å². The van der Waals surface area contributed by atoms with E-state index in [0.717, 1.165) is 30.4 Å². The molecule has 0 aromatic heterocycles. The molecular formula is C41H68N2O6. The Labute approximate surface area is 297 Å². The summed E-state index contributed by atoms with van der Waals surface area (Å²) in [7, 11) is 0. The van der Waals surface area contributed by atoms with Crippen molar-refractivity contribution in [3.8, 4) is 5.75 Å². The summed E-state index contributed by atoms with van der Waals surface area (Å²) in [5, 5.41) is 3.31. The number of benzene rings is 1. The standard InChI is InChI=1S/C41H68N2O6/c1-9-10-11-12-13-14-15-16-17-18-19-20-21-23-33-24-22-25-35(47-29(2)3)37(33)39-36(40(44)48-30(4)5)32(8)43-34(28-46-27-26-42)38(39)41(45)49-31(6)7/h22,24-25,29-31,39,43H,9-21,23,26-28,42H2,1-8H3. The van der Waals surface area contributed by atoms with Gasteiger partial charge in [0.05, 0.1) is 54.3 Å². The first-order valence-electron chi connectivity index (χ1n) is 19.2. The van der Waals surface area contributed by atoms with E-state index in [1.807, 2.05) is 60.6 Å². The van der Waals surface area contributed by atoms with E-state index in [4.69, 9.17) is 24.7 Å². The number of carbonyl (C=O) groups is 2. The summed E-state index contributed by atoms with van der Waals surface area (Å²) >= 11 is 0. The average Bonchev–Trinajstić information content (AvgIpc) is 3.02. The van der Waals surface area contributed by atoms with Crippen LogP contribution in [0.1, 0.15) is 156 Å². The molecule has 0 amide bonds. The van der Waals surface area contributed by atoms with Crippen LogP contribution in [0.5, 0.6) is 5.75 Å². The molecule has 1 atom stereocenters. The smallest absolute Gasteiger partial charge is 0.337 e. The van der Waals surface area contributed by atoms with Gasteiger partial charge in [0.15, 0.2) is 0 Å². The summed E-state index contributed by atoms with van der Waals surface area (Å²) in [5.74, 6) is -1.11. The Bertz CT molecular complexity index is 1200. The quantitative estimate of drug-likeness (QED) is 0.0775. The van der Waals surface area contributed by atoms with Gasteiger partial charge in [0.25, 0.3) is 0 Å². The lowest BCUT2D eigenvalue weighted by Gasteiger charge is -2.34. The van der Waals surface area contributed by atoms with Crippen molar-refractivity contribution in [2.24, 2.45) is 5.73 Å². The number of carbonyl (C=O) groups excluding carboxylic acids is 2. The Balaban J connectivity index is 2.42. The molecule has 1 heterocycles. The molecule has 0 radical (unpaired) electrons. The zero-order valence-corrected chi connectivity index (χ0v) is 32.1. The van der Waals surface area contributed by atoms with E-state index in [2.05, 4.69) is 18.3 Å². The minimum Gasteiger partial charge on any atom is -0.491 e. The van der Waals surface area contributed by atoms with Crippen LogP contribution in [0.3, 0.4) is 0 Å². The van der Waals surface area contributed by atoms with Gasteiger partial charge in [0.2, 0.25) is 0 Å². The van der Waals surface area contributed by atoms with Gasteiger partial charge in [-0.2, -0.15) is 0 Å². The van der Waals surface area contributed by atoms with Gasteiger partial charge >= 0.3 is 11.9 Å². The second-order valence-electron chi connectivity index (χ2n) is 14.2. The Morgan fingerprint density at radius 3 is 1.80 bits per heavy atom. The fourth-order valence-electron chi connectivity index (χ4n) is 6.45. The summed E-state index contributed by atoms with van der Waals surface area (Å²) in [6.07, 6.45) is 16.7. The van der Waals surface area contributed by atoms with Crippen molar-refractivity contribution >= 4 is 11.9 Å². The molecule has 2 rings (SSSR count). The van der Waals surface area contributed by atoms with Gasteiger partial charge in [-0.05, 0) is 72.9 Å². The minimum absolute atomic E-state index is 0.113. The maximum absolute atomic E-state index is 14.0. The number of hydrogen-bond acceptors (Lipinski definition) is 8. The Morgan fingerprint density at radius 2 is 1.29 bits per heavy atom. The van der Waals surface area contributed by atoms with Crippen LogP contribution in [-0.4, -0.2) is 50.0 Å². The number of unbranched alkanes of at least 4 members (excludes halogenated alkanes) is 12. The molecule has 0 bridgehead atoms. The molecule has 0 spiro atoms. The highest BCUT2D eigenvalue weighted by Gasteiger charge is 2.42. The first-order valence-corrected chi connectivity index (χ1v) is 19.2. The van der Waals surface area contributed by atoms with Gasteiger partial charge in [-0.1, -0.05) is 96.1 Å². The number of nitrogens with two attached hydrogens (primary N) is 1. The number of nitrogens with one attached hydrogen (secondary N) is 1. The Morgan fingerprint density at radius 1 is 0.755 bits per heavy atom. The van der Waals surface area contributed by atoms with E-state index < -0.39 is 17.9 Å². The number of dihydropyridines is 1. The second-order valence-corrected chi connectivity index (χ2v) is 14.2. The summed E-state index contributed by atoms with van der Waals surface area (Å²) in [5.41, 5.74) is 9.44. The second kappa shape index (κ2) is 23.5. The highest BCUT2D eigenvalue weighted by molar-refractivity contribution is 6.00. The molecule has 0 saturated heterocycles. The molecule has 1 aromatic carbocycles. The molecule has 278 valence electrons. The molecule has 0 fully saturated rings. The van der Waals surface area contributed by atoms with Gasteiger partial charge in [0.1, 0.15) is 5.75 Å². The van der Waals surface area contributed by atoms with Crippen molar-refractivity contribution in [3.63, 3.8) is 0 Å². The van der Waals surface area contributed by atoms with Crippen LogP contribution in [0.2, 0.25) is 0 Å². The summed E-state index contributed by atoms with van der Waals surface area (Å²) in [4.78, 5) is 28.0. The predicted molar refractivity (Wildman–Crippen MR) is 200 cm³/mol. The molecule has 1 aliphatic heterocycles. The summed E-state index contributed by atoms with van der Waals surface area (Å²) < 4.78 is 23.9. The molecule has 1 unspecified atom stereocenters. The van der Waals surface area contributed by atoms with Crippen LogP contribution < -0.4 is 15.8 Å². The minimum atomic E-state index is -0.776. The van der Waals surface area contributed by atoms with Gasteiger partial charge in [0, 0.05) is 17.8 Å². The Kier molecular flexibility index (Phi) is 20.3. The molecule has 8 nitrogen and oxygen atoms in total. The highest BCUT2D eigenvalue weighted by atomic mass is 16.5. The lowest BCUT2D eigenvalue weighted by Crippen LogP contribution is -2.36. The zero-order chi connectivity index (χ0) is 36.2. The third-order valence-electron chi connectivity index (χ3n) is 8.64. The van der Waals surface area contributed by atoms with Crippen molar-refractivity contribution in [2.45, 2.75) is 170 Å². The first-order chi connectivity index (χ1) is 23.5. The van der Waals surface area contributed by atoms with Gasteiger partial charge < -0.3 is 30.0 Å². The van der Waals surface area contributed by atoms with Gasteiger partial charge in [-0.25, -0.2) is 9.59 Å². The van der Waals surface area contributed by atoms with Crippen LogP contribution in [0.15, 0.2) is 40.7 Å². The topological polar surface area (TPSA) is 109 Å². The summed E-state index contributed by atoms with van der Waals surface area (Å²) in [6.45, 7) is 16.1. The number of esters is 2. The van der Waals surface area contributed by atoms with Crippen molar-refractivity contribution in [3.05, 3.63) is 51.9 Å². The summed E-state index contributed by atoms with van der Waals surface area (Å²) in [6, 6.07) is 6.03. The van der Waals surface area contributed by atoms with Crippen molar-refractivity contribution in [2.75, 3.05) is 19.8 Å². The predicted octanol–water partition coefficient (Wildman–Crippen LogP) is 9.20. The van der Waals surface area contributed by atoms with Gasteiger partial charge in [-0.3, -0.25) is 0 Å².